The Morgan fingerprint density at radius 1 is 1.23 bits per heavy atom. The van der Waals surface area contributed by atoms with Crippen molar-refractivity contribution in [3.8, 4) is 0 Å². The molecule has 1 atom stereocenters. The van der Waals surface area contributed by atoms with Gasteiger partial charge in [-0.3, -0.25) is 4.79 Å². The van der Waals surface area contributed by atoms with Gasteiger partial charge in [-0.25, -0.2) is 13.8 Å². The zero-order valence-corrected chi connectivity index (χ0v) is 16.7. The maximum atomic E-state index is 13.9. The van der Waals surface area contributed by atoms with Gasteiger partial charge in [0.25, 0.3) is 0 Å². The SMILES string of the molecule is C[C@@H](CC(=O)NC1(c2cc(NCC(F)(F)F)cc(Cl)n2)CC1)c1ccc(F)cc1F. The van der Waals surface area contributed by atoms with Gasteiger partial charge in [-0.1, -0.05) is 24.6 Å². The summed E-state index contributed by atoms with van der Waals surface area (Å²) in [5.74, 6) is -2.31. The van der Waals surface area contributed by atoms with Crippen molar-refractivity contribution >= 4 is 23.2 Å². The number of carbonyl (C=O) groups is 1. The molecule has 1 aliphatic carbocycles. The predicted octanol–water partition coefficient (Wildman–Crippen LogP) is 5.29. The molecule has 30 heavy (non-hydrogen) atoms. The van der Waals surface area contributed by atoms with Gasteiger partial charge in [-0.2, -0.15) is 13.2 Å². The van der Waals surface area contributed by atoms with E-state index in [9.17, 15) is 26.7 Å². The fourth-order valence-electron chi connectivity index (χ4n) is 3.22. The van der Waals surface area contributed by atoms with Gasteiger partial charge in [0.15, 0.2) is 0 Å². The van der Waals surface area contributed by atoms with Crippen LogP contribution in [0.1, 0.15) is 43.4 Å². The number of pyridine rings is 1. The Labute approximate surface area is 174 Å². The Morgan fingerprint density at radius 2 is 1.93 bits per heavy atom. The van der Waals surface area contributed by atoms with Gasteiger partial charge in [-0.15, -0.1) is 0 Å². The van der Waals surface area contributed by atoms with Gasteiger partial charge < -0.3 is 10.6 Å². The lowest BCUT2D eigenvalue weighted by Crippen LogP contribution is -2.36. The Balaban J connectivity index is 1.69. The third-order valence-corrected chi connectivity index (χ3v) is 5.08. The number of rotatable bonds is 7. The van der Waals surface area contributed by atoms with Crippen LogP contribution < -0.4 is 10.6 Å². The molecule has 10 heteroatoms. The maximum Gasteiger partial charge on any atom is 0.405 e. The summed E-state index contributed by atoms with van der Waals surface area (Å²) in [5.41, 5.74) is -0.105. The summed E-state index contributed by atoms with van der Waals surface area (Å²) in [6.45, 7) is 0.416. The van der Waals surface area contributed by atoms with Gasteiger partial charge in [0.2, 0.25) is 5.91 Å². The van der Waals surface area contributed by atoms with E-state index in [0.717, 1.165) is 12.1 Å². The van der Waals surface area contributed by atoms with Crippen LogP contribution in [-0.2, 0) is 10.3 Å². The lowest BCUT2D eigenvalue weighted by atomic mass is 9.96. The normalized spacial score (nSPS) is 16.1. The topological polar surface area (TPSA) is 54.0 Å². The minimum atomic E-state index is -4.40. The maximum absolute atomic E-state index is 13.9. The average Bonchev–Trinajstić information content (AvgIpc) is 3.39. The van der Waals surface area contributed by atoms with Crippen molar-refractivity contribution in [1.82, 2.24) is 10.3 Å². The molecule has 3 rings (SSSR count). The second kappa shape index (κ2) is 8.37. The third-order valence-electron chi connectivity index (χ3n) is 4.89. The number of nitrogens with zero attached hydrogens (tertiary/aromatic N) is 1. The first kappa shape index (κ1) is 22.3. The molecule has 1 aromatic carbocycles. The van der Waals surface area contributed by atoms with Crippen LogP contribution in [0, 0.1) is 11.6 Å². The van der Waals surface area contributed by atoms with Crippen molar-refractivity contribution in [2.45, 2.75) is 43.8 Å². The van der Waals surface area contributed by atoms with E-state index in [1.54, 1.807) is 6.92 Å². The predicted molar refractivity (Wildman–Crippen MR) is 102 cm³/mol. The number of halogens is 6. The molecule has 162 valence electrons. The summed E-state index contributed by atoms with van der Waals surface area (Å²) < 4.78 is 64.4. The van der Waals surface area contributed by atoms with Crippen molar-refractivity contribution in [3.05, 3.63) is 58.4 Å². The van der Waals surface area contributed by atoms with Crippen molar-refractivity contribution in [2.75, 3.05) is 11.9 Å². The highest BCUT2D eigenvalue weighted by molar-refractivity contribution is 6.29. The summed E-state index contributed by atoms with van der Waals surface area (Å²) in [7, 11) is 0. The average molecular weight is 448 g/mol. The molecule has 0 bridgehead atoms. The minimum Gasteiger partial charge on any atom is -0.376 e. The summed E-state index contributed by atoms with van der Waals surface area (Å²) >= 11 is 5.95. The lowest BCUT2D eigenvalue weighted by Gasteiger charge is -2.20. The van der Waals surface area contributed by atoms with Crippen LogP contribution in [-0.4, -0.2) is 23.6 Å². The Bertz CT molecular complexity index is 947. The molecule has 0 aliphatic heterocycles. The molecule has 1 saturated carbocycles. The van der Waals surface area contributed by atoms with Gasteiger partial charge >= 0.3 is 6.18 Å². The molecule has 1 aliphatic rings. The van der Waals surface area contributed by atoms with Crippen molar-refractivity contribution in [3.63, 3.8) is 0 Å². The monoisotopic (exact) mass is 447 g/mol. The highest BCUT2D eigenvalue weighted by atomic mass is 35.5. The highest BCUT2D eigenvalue weighted by Crippen LogP contribution is 2.46. The number of hydrogen-bond donors (Lipinski definition) is 2. The lowest BCUT2D eigenvalue weighted by molar-refractivity contribution is -0.122. The summed E-state index contributed by atoms with van der Waals surface area (Å²) in [4.78, 5) is 16.7. The molecular formula is C20H19ClF5N3O. The second-order valence-electron chi connectivity index (χ2n) is 7.43. The van der Waals surface area contributed by atoms with E-state index < -0.39 is 35.8 Å². The highest BCUT2D eigenvalue weighted by Gasteiger charge is 2.47. The number of benzene rings is 1. The van der Waals surface area contributed by atoms with Crippen molar-refractivity contribution < 1.29 is 26.7 Å². The summed E-state index contributed by atoms with van der Waals surface area (Å²) in [6, 6.07) is 5.88. The van der Waals surface area contributed by atoms with Crippen molar-refractivity contribution in [1.29, 1.82) is 0 Å². The number of nitrogens with one attached hydrogen (secondary N) is 2. The Kier molecular flexibility index (Phi) is 6.21. The molecule has 4 nitrogen and oxygen atoms in total. The molecule has 0 radical (unpaired) electrons. The Hall–Kier alpha value is -2.42. The summed E-state index contributed by atoms with van der Waals surface area (Å²) in [6.07, 6.45) is -3.36. The van der Waals surface area contributed by atoms with E-state index in [1.165, 1.54) is 18.2 Å². The number of alkyl halides is 3. The van der Waals surface area contributed by atoms with E-state index in [1.807, 2.05) is 0 Å². The van der Waals surface area contributed by atoms with E-state index in [4.69, 9.17) is 11.6 Å². The van der Waals surface area contributed by atoms with Crippen LogP contribution in [0.25, 0.3) is 0 Å². The number of aromatic nitrogens is 1. The second-order valence-corrected chi connectivity index (χ2v) is 7.82. The number of carbonyl (C=O) groups excluding carboxylic acids is 1. The summed E-state index contributed by atoms with van der Waals surface area (Å²) in [5, 5.41) is 5.08. The van der Waals surface area contributed by atoms with E-state index in [-0.39, 0.29) is 28.7 Å². The van der Waals surface area contributed by atoms with Crippen LogP contribution in [0.5, 0.6) is 0 Å². The minimum absolute atomic E-state index is 0.000509. The Morgan fingerprint density at radius 3 is 2.53 bits per heavy atom. The quantitative estimate of drug-likeness (QED) is 0.448. The van der Waals surface area contributed by atoms with Crippen LogP contribution in [0.2, 0.25) is 5.15 Å². The zero-order chi connectivity index (χ0) is 22.1. The van der Waals surface area contributed by atoms with Gasteiger partial charge in [0, 0.05) is 18.2 Å². The first-order chi connectivity index (χ1) is 14.0. The molecule has 0 spiro atoms. The fourth-order valence-corrected chi connectivity index (χ4v) is 3.43. The standard InChI is InChI=1S/C20H19ClF5N3O/c1-11(14-3-2-12(22)7-15(14)23)6-18(30)29-19(4-5-19)16-8-13(9-17(21)28-16)27-10-20(24,25)26/h2-3,7-9,11H,4-6,10H2,1H3,(H,27,28)(H,29,30)/t11-/m0/s1. The van der Waals surface area contributed by atoms with Crippen molar-refractivity contribution in [2.24, 2.45) is 0 Å². The third kappa shape index (κ3) is 5.59. The molecule has 0 saturated heterocycles. The van der Waals surface area contributed by atoms with Gasteiger partial charge in [0.1, 0.15) is 23.3 Å². The van der Waals surface area contributed by atoms with Crippen LogP contribution >= 0.6 is 11.6 Å². The van der Waals surface area contributed by atoms with Gasteiger partial charge in [-0.05, 0) is 42.5 Å². The molecule has 1 heterocycles. The number of amides is 1. The molecule has 1 aromatic heterocycles. The number of hydrogen-bond acceptors (Lipinski definition) is 3. The van der Waals surface area contributed by atoms with Crippen LogP contribution in [0.15, 0.2) is 30.3 Å². The molecular weight excluding hydrogens is 429 g/mol. The van der Waals surface area contributed by atoms with E-state index in [2.05, 4.69) is 15.6 Å². The first-order valence-electron chi connectivity index (χ1n) is 9.22. The van der Waals surface area contributed by atoms with Gasteiger partial charge in [0.05, 0.1) is 11.2 Å². The van der Waals surface area contributed by atoms with Crippen LogP contribution in [0.3, 0.4) is 0 Å². The zero-order valence-electron chi connectivity index (χ0n) is 15.9. The largest absolute Gasteiger partial charge is 0.405 e. The molecule has 0 unspecified atom stereocenters. The fraction of sp³-hybridized carbons (Fsp3) is 0.400. The first-order valence-corrected chi connectivity index (χ1v) is 9.60. The molecule has 1 amide bonds. The molecule has 2 N–H and O–H groups in total. The smallest absolute Gasteiger partial charge is 0.376 e. The molecule has 1 fully saturated rings. The number of anilines is 1. The van der Waals surface area contributed by atoms with Crippen LogP contribution in [0.4, 0.5) is 27.6 Å². The van der Waals surface area contributed by atoms with E-state index >= 15 is 0 Å². The molecule has 2 aromatic rings. The van der Waals surface area contributed by atoms with E-state index in [0.29, 0.717) is 18.5 Å².